The zero-order valence-electron chi connectivity index (χ0n) is 24.8. The van der Waals surface area contributed by atoms with Crippen LogP contribution in [0, 0.1) is 19.8 Å². The number of rotatable bonds is 12. The van der Waals surface area contributed by atoms with E-state index in [0.29, 0.717) is 17.9 Å². The Morgan fingerprint density at radius 1 is 0.947 bits per heavy atom. The molecule has 0 aromatic heterocycles. The van der Waals surface area contributed by atoms with Crippen molar-refractivity contribution in [3.05, 3.63) is 34.9 Å². The van der Waals surface area contributed by atoms with E-state index in [9.17, 15) is 19.2 Å². The smallest absolute Gasteiger partial charge is 0.408 e. The second-order valence-corrected chi connectivity index (χ2v) is 11.8. The van der Waals surface area contributed by atoms with Gasteiger partial charge in [-0.1, -0.05) is 32.0 Å². The highest BCUT2D eigenvalue weighted by atomic mass is 16.6. The van der Waals surface area contributed by atoms with E-state index >= 15 is 0 Å². The minimum atomic E-state index is -1.30. The Kier molecular flexibility index (Phi) is 12.3. The molecule has 0 bridgehead atoms. The molecule has 214 valence electrons. The molecule has 9 nitrogen and oxygen atoms in total. The van der Waals surface area contributed by atoms with Crippen LogP contribution < -0.4 is 16.4 Å². The van der Waals surface area contributed by atoms with Crippen molar-refractivity contribution in [2.75, 3.05) is 0 Å². The molecule has 0 aliphatic heterocycles. The van der Waals surface area contributed by atoms with Gasteiger partial charge < -0.3 is 26.0 Å². The Hall–Kier alpha value is -3.10. The predicted octanol–water partition coefficient (Wildman–Crippen LogP) is 4.29. The molecule has 0 aliphatic carbocycles. The van der Waals surface area contributed by atoms with Crippen molar-refractivity contribution in [3.8, 4) is 0 Å². The highest BCUT2D eigenvalue weighted by molar-refractivity contribution is 5.94. The predicted molar refractivity (Wildman–Crippen MR) is 149 cm³/mol. The van der Waals surface area contributed by atoms with Crippen molar-refractivity contribution in [3.63, 3.8) is 0 Å². The van der Waals surface area contributed by atoms with Crippen molar-refractivity contribution in [2.45, 2.75) is 118 Å². The first-order valence-corrected chi connectivity index (χ1v) is 13.4. The molecule has 3 atom stereocenters. The summed E-state index contributed by atoms with van der Waals surface area (Å²) in [5, 5.41) is 5.47. The number of hydrogen-bond donors (Lipinski definition) is 3. The van der Waals surface area contributed by atoms with Gasteiger partial charge in [0.2, 0.25) is 17.7 Å². The van der Waals surface area contributed by atoms with Crippen LogP contribution in [-0.2, 0) is 19.1 Å². The Bertz CT molecular complexity index is 984. The summed E-state index contributed by atoms with van der Waals surface area (Å²) in [5.74, 6) is -1.31. The van der Waals surface area contributed by atoms with Gasteiger partial charge in [-0.2, -0.15) is 0 Å². The summed E-state index contributed by atoms with van der Waals surface area (Å²) in [4.78, 5) is 54.0. The topological polar surface area (TPSA) is 131 Å². The van der Waals surface area contributed by atoms with Crippen LogP contribution in [0.3, 0.4) is 0 Å². The Labute approximate surface area is 228 Å². The van der Waals surface area contributed by atoms with Gasteiger partial charge in [0, 0.05) is 12.1 Å². The van der Waals surface area contributed by atoms with Gasteiger partial charge in [0.25, 0.3) is 0 Å². The zero-order chi connectivity index (χ0) is 29.4. The molecule has 1 rings (SSSR count). The Morgan fingerprint density at radius 2 is 1.55 bits per heavy atom. The maximum absolute atomic E-state index is 14.2. The average molecular weight is 533 g/mol. The van der Waals surface area contributed by atoms with Crippen LogP contribution in [0.25, 0.3) is 0 Å². The molecule has 0 radical (unpaired) electrons. The number of alkyl carbamates (subject to hydrolysis) is 1. The number of carbonyl (C=O) groups excluding carboxylic acids is 4. The molecule has 0 aliphatic rings. The Balaban J connectivity index is 3.67. The SMILES string of the molecule is Cc1ccc(C(C(=O)NC(C)C)N(C(=O)C(CC(N)=O)NC(=O)OC(C)(C)C)C(C)CCC(C)C)cc1C. The lowest BCUT2D eigenvalue weighted by Crippen LogP contribution is -2.56. The summed E-state index contributed by atoms with van der Waals surface area (Å²) in [7, 11) is 0. The first-order valence-electron chi connectivity index (χ1n) is 13.4. The zero-order valence-corrected chi connectivity index (χ0v) is 24.8. The van der Waals surface area contributed by atoms with E-state index in [2.05, 4.69) is 24.5 Å². The second kappa shape index (κ2) is 14.2. The fourth-order valence-corrected chi connectivity index (χ4v) is 4.08. The number of nitrogens with one attached hydrogen (secondary N) is 2. The third-order valence-corrected chi connectivity index (χ3v) is 6.09. The molecule has 3 unspecified atom stereocenters. The summed E-state index contributed by atoms with van der Waals surface area (Å²) in [6.07, 6.45) is 0.157. The number of carbonyl (C=O) groups is 4. The summed E-state index contributed by atoms with van der Waals surface area (Å²) in [5.41, 5.74) is 7.35. The fourth-order valence-electron chi connectivity index (χ4n) is 4.08. The van der Waals surface area contributed by atoms with Gasteiger partial charge in [0.15, 0.2) is 0 Å². The van der Waals surface area contributed by atoms with Crippen LogP contribution in [0.2, 0.25) is 0 Å². The van der Waals surface area contributed by atoms with Crippen molar-refractivity contribution >= 4 is 23.8 Å². The molecule has 1 aromatic carbocycles. The van der Waals surface area contributed by atoms with Gasteiger partial charge in [-0.05, 0) is 90.8 Å². The minimum Gasteiger partial charge on any atom is -0.444 e. The molecular weight excluding hydrogens is 484 g/mol. The van der Waals surface area contributed by atoms with Gasteiger partial charge in [0.1, 0.15) is 17.7 Å². The molecule has 0 fully saturated rings. The van der Waals surface area contributed by atoms with Gasteiger partial charge in [-0.25, -0.2) is 4.79 Å². The van der Waals surface area contributed by atoms with Gasteiger partial charge in [0.05, 0.1) is 6.42 Å². The van der Waals surface area contributed by atoms with E-state index in [4.69, 9.17) is 10.5 Å². The van der Waals surface area contributed by atoms with Crippen LogP contribution in [-0.4, -0.2) is 52.4 Å². The van der Waals surface area contributed by atoms with Crippen molar-refractivity contribution in [2.24, 2.45) is 11.7 Å². The maximum atomic E-state index is 14.2. The van der Waals surface area contributed by atoms with Crippen LogP contribution >= 0.6 is 0 Å². The summed E-state index contributed by atoms with van der Waals surface area (Å²) in [6, 6.07) is 2.83. The van der Waals surface area contributed by atoms with E-state index in [1.807, 2.05) is 52.8 Å². The number of hydrogen-bond acceptors (Lipinski definition) is 5. The molecule has 1 aromatic rings. The lowest BCUT2D eigenvalue weighted by Gasteiger charge is -2.39. The van der Waals surface area contributed by atoms with Crippen LogP contribution in [0.1, 0.15) is 97.4 Å². The highest BCUT2D eigenvalue weighted by Gasteiger charge is 2.39. The summed E-state index contributed by atoms with van der Waals surface area (Å²) < 4.78 is 5.34. The number of nitrogens with two attached hydrogens (primary N) is 1. The second-order valence-electron chi connectivity index (χ2n) is 11.8. The molecule has 0 heterocycles. The van der Waals surface area contributed by atoms with Gasteiger partial charge >= 0.3 is 6.09 Å². The van der Waals surface area contributed by atoms with Crippen LogP contribution in [0.5, 0.6) is 0 Å². The monoisotopic (exact) mass is 532 g/mol. The maximum Gasteiger partial charge on any atom is 0.408 e. The molecule has 38 heavy (non-hydrogen) atoms. The highest BCUT2D eigenvalue weighted by Crippen LogP contribution is 2.29. The molecule has 9 heteroatoms. The Morgan fingerprint density at radius 3 is 2.03 bits per heavy atom. The number of amides is 4. The first-order chi connectivity index (χ1) is 17.4. The minimum absolute atomic E-state index is 0.166. The van der Waals surface area contributed by atoms with Gasteiger partial charge in [-0.3, -0.25) is 14.4 Å². The van der Waals surface area contributed by atoms with E-state index < -0.39 is 42.0 Å². The molecule has 4 amide bonds. The number of primary amides is 1. The normalized spacial score (nSPS) is 14.0. The summed E-state index contributed by atoms with van der Waals surface area (Å²) >= 11 is 0. The number of ether oxygens (including phenoxy) is 1. The third-order valence-electron chi connectivity index (χ3n) is 6.09. The van der Waals surface area contributed by atoms with E-state index in [1.165, 1.54) is 4.90 Å². The number of benzene rings is 1. The van der Waals surface area contributed by atoms with Crippen molar-refractivity contribution in [1.29, 1.82) is 0 Å². The third kappa shape index (κ3) is 10.7. The van der Waals surface area contributed by atoms with E-state index in [0.717, 1.165) is 17.5 Å². The largest absolute Gasteiger partial charge is 0.444 e. The molecule has 0 spiro atoms. The molecule has 0 saturated heterocycles. The number of aryl methyl sites for hydroxylation is 2. The van der Waals surface area contributed by atoms with Crippen molar-refractivity contribution in [1.82, 2.24) is 15.5 Å². The average Bonchev–Trinajstić information content (AvgIpc) is 2.74. The van der Waals surface area contributed by atoms with E-state index in [-0.39, 0.29) is 18.0 Å². The lowest BCUT2D eigenvalue weighted by molar-refractivity contribution is -0.146. The number of nitrogens with zero attached hydrogens (tertiary/aromatic N) is 1. The fraction of sp³-hybridized carbons (Fsp3) is 0.655. The van der Waals surface area contributed by atoms with E-state index in [1.54, 1.807) is 20.8 Å². The quantitative estimate of drug-likeness (QED) is 0.370. The van der Waals surface area contributed by atoms with Crippen LogP contribution in [0.4, 0.5) is 4.79 Å². The first kappa shape index (κ1) is 32.9. The molecule has 4 N–H and O–H groups in total. The standard InChI is InChI=1S/C29H48N4O5/c1-17(2)11-13-21(7)33(27(36)23(16-24(30)34)32-28(37)38-29(8,9)10)25(26(35)31-18(3)4)22-14-12-19(5)20(6)15-22/h12,14-15,17-18,21,23,25H,11,13,16H2,1-10H3,(H2,30,34)(H,31,35)(H,32,37). The van der Waals surface area contributed by atoms with Gasteiger partial charge in [-0.15, -0.1) is 0 Å². The van der Waals surface area contributed by atoms with Crippen molar-refractivity contribution < 1.29 is 23.9 Å². The molecule has 0 saturated carbocycles. The van der Waals surface area contributed by atoms with Crippen LogP contribution in [0.15, 0.2) is 18.2 Å². The lowest BCUT2D eigenvalue weighted by atomic mass is 9.94. The summed E-state index contributed by atoms with van der Waals surface area (Å²) in [6.45, 7) is 18.8. The molecular formula is C29H48N4O5.